The summed E-state index contributed by atoms with van der Waals surface area (Å²) >= 11 is 0. The fourth-order valence-electron chi connectivity index (χ4n) is 1.41. The Morgan fingerprint density at radius 3 is 2.43 bits per heavy atom. The van der Waals surface area contributed by atoms with E-state index in [1.807, 2.05) is 0 Å². The van der Waals surface area contributed by atoms with Gasteiger partial charge in [0.15, 0.2) is 5.78 Å². The molecule has 0 saturated carbocycles. The van der Waals surface area contributed by atoms with Crippen molar-refractivity contribution in [1.82, 2.24) is 0 Å². The molecule has 0 saturated heterocycles. The first-order valence-electron chi connectivity index (χ1n) is 4.33. The number of hydrogen-bond donors (Lipinski definition) is 1. The fourth-order valence-corrected chi connectivity index (χ4v) is 1.41. The summed E-state index contributed by atoms with van der Waals surface area (Å²) in [6.07, 6.45) is 0.184. The summed E-state index contributed by atoms with van der Waals surface area (Å²) in [6.45, 7) is 2.83. The second kappa shape index (κ2) is 4.05. The topological polar surface area (TPSA) is 54.4 Å². The monoisotopic (exact) mass is 193 g/mol. The van der Waals surface area contributed by atoms with E-state index in [9.17, 15) is 14.7 Å². The number of carbonyl (C=O) groups excluding carboxylic acids is 2. The molecule has 14 heavy (non-hydrogen) atoms. The van der Waals surface area contributed by atoms with Crippen molar-refractivity contribution >= 4 is 11.6 Å². The average molecular weight is 193 g/mol. The number of rotatable bonds is 3. The Labute approximate surface area is 82.4 Å². The number of aromatic hydroxyl groups is 1. The maximum Gasteiger partial charge on any atom is 0.163 e. The number of phenols is 1. The minimum atomic E-state index is -0.223. The Morgan fingerprint density at radius 1 is 1.29 bits per heavy atom. The lowest BCUT2D eigenvalue weighted by Crippen LogP contribution is -2.04. The zero-order chi connectivity index (χ0) is 10.7. The Hall–Kier alpha value is -1.64. The van der Waals surface area contributed by atoms with Gasteiger partial charge in [0, 0.05) is 6.42 Å². The lowest BCUT2D eigenvalue weighted by Gasteiger charge is -2.06. The van der Waals surface area contributed by atoms with Gasteiger partial charge in [-0.1, -0.05) is 12.1 Å². The smallest absolute Gasteiger partial charge is 0.163 e. The molecule has 0 aliphatic carbocycles. The standard InChI is InChI=1S/C11H12O3/c1-7(12)6-9-4-3-5-10(14)11(9)8(2)13/h3-5,14H,6H2,1-2H3/i2+1. The predicted octanol–water partition coefficient (Wildman–Crippen LogP) is 1.73. The lowest BCUT2D eigenvalue weighted by molar-refractivity contribution is -0.116. The van der Waals surface area contributed by atoms with E-state index in [1.165, 1.54) is 19.9 Å². The van der Waals surface area contributed by atoms with E-state index in [0.29, 0.717) is 5.56 Å². The van der Waals surface area contributed by atoms with E-state index in [1.54, 1.807) is 12.1 Å². The minimum Gasteiger partial charge on any atom is -0.507 e. The molecule has 0 spiro atoms. The molecule has 1 N–H and O–H groups in total. The van der Waals surface area contributed by atoms with Gasteiger partial charge in [-0.15, -0.1) is 0 Å². The van der Waals surface area contributed by atoms with Gasteiger partial charge in [0.2, 0.25) is 0 Å². The molecule has 74 valence electrons. The van der Waals surface area contributed by atoms with Crippen molar-refractivity contribution in [1.29, 1.82) is 0 Å². The van der Waals surface area contributed by atoms with Gasteiger partial charge in [0.1, 0.15) is 11.5 Å². The molecule has 0 heterocycles. The average Bonchev–Trinajstić information content (AvgIpc) is 2.01. The van der Waals surface area contributed by atoms with Crippen molar-refractivity contribution in [3.8, 4) is 5.75 Å². The summed E-state index contributed by atoms with van der Waals surface area (Å²) in [5, 5.41) is 9.44. The molecule has 0 radical (unpaired) electrons. The van der Waals surface area contributed by atoms with Crippen LogP contribution in [0.3, 0.4) is 0 Å². The van der Waals surface area contributed by atoms with Crippen LogP contribution >= 0.6 is 0 Å². The van der Waals surface area contributed by atoms with E-state index in [4.69, 9.17) is 0 Å². The van der Waals surface area contributed by atoms with Crippen LogP contribution in [0.5, 0.6) is 5.75 Å². The normalized spacial score (nSPS) is 9.86. The van der Waals surface area contributed by atoms with Crippen molar-refractivity contribution < 1.29 is 14.7 Å². The summed E-state index contributed by atoms with van der Waals surface area (Å²) in [7, 11) is 0. The minimum absolute atomic E-state index is 0.0295. The Kier molecular flexibility index (Phi) is 3.02. The van der Waals surface area contributed by atoms with Gasteiger partial charge in [-0.25, -0.2) is 0 Å². The van der Waals surface area contributed by atoms with Crippen LogP contribution in [0.25, 0.3) is 0 Å². The van der Waals surface area contributed by atoms with E-state index in [-0.39, 0.29) is 29.3 Å². The van der Waals surface area contributed by atoms with Crippen LogP contribution in [-0.2, 0) is 11.2 Å². The molecule has 0 aromatic heterocycles. The summed E-state index contributed by atoms with van der Waals surface area (Å²) in [5.41, 5.74) is 0.840. The van der Waals surface area contributed by atoms with E-state index in [2.05, 4.69) is 0 Å². The number of ketones is 2. The molecule has 0 aliphatic heterocycles. The van der Waals surface area contributed by atoms with Crippen molar-refractivity contribution in [3.05, 3.63) is 29.3 Å². The third kappa shape index (κ3) is 2.19. The highest BCUT2D eigenvalue weighted by atomic mass is 16.3. The van der Waals surface area contributed by atoms with Gasteiger partial charge < -0.3 is 5.11 Å². The van der Waals surface area contributed by atoms with E-state index >= 15 is 0 Å². The van der Waals surface area contributed by atoms with Crippen LogP contribution < -0.4 is 0 Å². The first-order chi connectivity index (χ1) is 6.52. The van der Waals surface area contributed by atoms with Crippen LogP contribution in [-0.4, -0.2) is 16.7 Å². The summed E-state index contributed by atoms with van der Waals surface area (Å²) in [5.74, 6) is -0.311. The molecule has 1 aromatic carbocycles. The molecule has 0 amide bonds. The van der Waals surface area contributed by atoms with Crippen molar-refractivity contribution in [3.63, 3.8) is 0 Å². The molecule has 0 atom stereocenters. The highest BCUT2D eigenvalue weighted by Gasteiger charge is 2.12. The maximum absolute atomic E-state index is 11.2. The largest absolute Gasteiger partial charge is 0.507 e. The maximum atomic E-state index is 11.2. The summed E-state index contributed by atoms with van der Waals surface area (Å²) in [4.78, 5) is 22.1. The van der Waals surface area contributed by atoms with Crippen LogP contribution in [0.15, 0.2) is 18.2 Å². The van der Waals surface area contributed by atoms with Crippen molar-refractivity contribution in [2.75, 3.05) is 0 Å². The number of Topliss-reactive ketones (excluding diaryl/α,β-unsaturated/α-hetero) is 2. The van der Waals surface area contributed by atoms with Gasteiger partial charge in [0.25, 0.3) is 0 Å². The second-order valence-electron chi connectivity index (χ2n) is 3.25. The third-order valence-electron chi connectivity index (χ3n) is 1.92. The van der Waals surface area contributed by atoms with Gasteiger partial charge >= 0.3 is 0 Å². The molecule has 0 fully saturated rings. The summed E-state index contributed by atoms with van der Waals surface area (Å²) in [6, 6.07) is 4.75. The predicted molar refractivity (Wildman–Crippen MR) is 52.5 cm³/mol. The molecular formula is C11H12O3. The molecule has 0 bridgehead atoms. The van der Waals surface area contributed by atoms with Gasteiger partial charge in [0.05, 0.1) is 5.56 Å². The first-order valence-corrected chi connectivity index (χ1v) is 4.33. The van der Waals surface area contributed by atoms with Crippen LogP contribution in [0.1, 0.15) is 29.8 Å². The zero-order valence-corrected chi connectivity index (χ0v) is 8.20. The van der Waals surface area contributed by atoms with E-state index < -0.39 is 0 Å². The summed E-state index contributed by atoms with van der Waals surface area (Å²) < 4.78 is 0. The number of phenolic OH excluding ortho intramolecular Hbond substituents is 1. The van der Waals surface area contributed by atoms with Crippen molar-refractivity contribution in [2.24, 2.45) is 0 Å². The molecule has 3 nitrogen and oxygen atoms in total. The molecule has 0 unspecified atom stereocenters. The highest BCUT2D eigenvalue weighted by molar-refractivity contribution is 5.99. The Bertz CT molecular complexity index is 380. The van der Waals surface area contributed by atoms with Crippen LogP contribution in [0.2, 0.25) is 0 Å². The highest BCUT2D eigenvalue weighted by Crippen LogP contribution is 2.22. The Morgan fingerprint density at radius 2 is 1.93 bits per heavy atom. The molecule has 1 rings (SSSR count). The molecule has 1 aromatic rings. The first kappa shape index (κ1) is 10.4. The van der Waals surface area contributed by atoms with Crippen LogP contribution in [0.4, 0.5) is 0 Å². The number of benzene rings is 1. The molecule has 3 heteroatoms. The van der Waals surface area contributed by atoms with Crippen LogP contribution in [0, 0.1) is 0 Å². The Balaban J connectivity index is 3.21. The molecule has 0 aliphatic rings. The van der Waals surface area contributed by atoms with Gasteiger partial charge in [-0.2, -0.15) is 0 Å². The molecular weight excluding hydrogens is 181 g/mol. The SMILES string of the molecule is CC(=O)Cc1cccc(O)c1C([13CH3])=O. The lowest BCUT2D eigenvalue weighted by atomic mass is 10.0. The van der Waals surface area contributed by atoms with Gasteiger partial charge in [-0.05, 0) is 25.5 Å². The number of hydrogen-bond acceptors (Lipinski definition) is 3. The van der Waals surface area contributed by atoms with Gasteiger partial charge in [-0.3, -0.25) is 9.59 Å². The zero-order valence-electron chi connectivity index (χ0n) is 8.20. The van der Waals surface area contributed by atoms with E-state index in [0.717, 1.165) is 0 Å². The third-order valence-corrected chi connectivity index (χ3v) is 1.92. The second-order valence-corrected chi connectivity index (χ2v) is 3.25. The van der Waals surface area contributed by atoms with Crippen molar-refractivity contribution in [2.45, 2.75) is 20.3 Å². The number of carbonyl (C=O) groups is 2. The quantitative estimate of drug-likeness (QED) is 0.587. The fraction of sp³-hybridized carbons (Fsp3) is 0.273.